The number of rotatable bonds is 4. The van der Waals surface area contributed by atoms with Gasteiger partial charge in [-0.15, -0.1) is 0 Å². The van der Waals surface area contributed by atoms with E-state index in [1.54, 1.807) is 22.8 Å². The first-order valence-corrected chi connectivity index (χ1v) is 6.78. The molecule has 1 unspecified atom stereocenters. The van der Waals surface area contributed by atoms with E-state index in [1.807, 2.05) is 6.92 Å². The Morgan fingerprint density at radius 1 is 1.68 bits per heavy atom. The molecule has 0 spiro atoms. The van der Waals surface area contributed by atoms with E-state index in [4.69, 9.17) is 10.5 Å². The van der Waals surface area contributed by atoms with Gasteiger partial charge in [-0.2, -0.15) is 5.10 Å². The minimum Gasteiger partial charge on any atom is -0.396 e. The van der Waals surface area contributed by atoms with E-state index in [0.29, 0.717) is 30.4 Å². The second kappa shape index (κ2) is 6.06. The quantitative estimate of drug-likeness (QED) is 0.881. The first kappa shape index (κ1) is 13.9. The van der Waals surface area contributed by atoms with E-state index < -0.39 is 0 Å². The zero-order valence-corrected chi connectivity index (χ0v) is 11.6. The molecule has 106 valence electrons. The van der Waals surface area contributed by atoms with Crippen molar-refractivity contribution in [3.8, 4) is 0 Å². The van der Waals surface area contributed by atoms with Crippen molar-refractivity contribution < 1.29 is 9.53 Å². The van der Waals surface area contributed by atoms with E-state index in [-0.39, 0.29) is 5.91 Å². The highest BCUT2D eigenvalue weighted by molar-refractivity contribution is 5.96. The van der Waals surface area contributed by atoms with Crippen LogP contribution in [0.4, 0.5) is 5.69 Å². The monoisotopic (exact) mass is 266 g/mol. The lowest BCUT2D eigenvalue weighted by Crippen LogP contribution is -2.35. The van der Waals surface area contributed by atoms with Crippen molar-refractivity contribution >= 4 is 11.6 Å². The topological polar surface area (TPSA) is 73.4 Å². The Hall–Kier alpha value is -1.56. The molecule has 1 aromatic rings. The summed E-state index contributed by atoms with van der Waals surface area (Å²) < 4.78 is 7.11. The van der Waals surface area contributed by atoms with Crippen molar-refractivity contribution in [3.63, 3.8) is 0 Å². The lowest BCUT2D eigenvalue weighted by Gasteiger charge is -2.26. The summed E-state index contributed by atoms with van der Waals surface area (Å²) in [6.45, 7) is 4.93. The molecule has 1 atom stereocenters. The molecule has 1 aliphatic heterocycles. The van der Waals surface area contributed by atoms with E-state index in [9.17, 15) is 4.79 Å². The number of carbonyl (C=O) groups excluding carboxylic acids is 1. The molecule has 0 aliphatic carbocycles. The van der Waals surface area contributed by atoms with Crippen molar-refractivity contribution in [2.45, 2.75) is 26.3 Å². The van der Waals surface area contributed by atoms with Gasteiger partial charge in [0.15, 0.2) is 5.69 Å². The molecule has 1 saturated heterocycles. The predicted molar refractivity (Wildman–Crippen MR) is 72.8 cm³/mol. The van der Waals surface area contributed by atoms with Crippen LogP contribution in [0.25, 0.3) is 0 Å². The molecular formula is C13H22N4O2. The molecule has 0 bridgehead atoms. The summed E-state index contributed by atoms with van der Waals surface area (Å²) >= 11 is 0. The summed E-state index contributed by atoms with van der Waals surface area (Å²) in [7, 11) is 1.79. The van der Waals surface area contributed by atoms with Gasteiger partial charge >= 0.3 is 0 Å². The van der Waals surface area contributed by atoms with Gasteiger partial charge in [-0.05, 0) is 25.7 Å². The fourth-order valence-corrected chi connectivity index (χ4v) is 2.37. The van der Waals surface area contributed by atoms with Gasteiger partial charge in [-0.25, -0.2) is 0 Å². The summed E-state index contributed by atoms with van der Waals surface area (Å²) in [6, 6.07) is 0. The Bertz CT molecular complexity index is 438. The Morgan fingerprint density at radius 3 is 3.05 bits per heavy atom. The number of aromatic nitrogens is 2. The number of anilines is 1. The molecule has 0 saturated carbocycles. The van der Waals surface area contributed by atoms with Gasteiger partial charge in [0.25, 0.3) is 5.91 Å². The second-order valence-electron chi connectivity index (χ2n) is 5.06. The molecule has 19 heavy (non-hydrogen) atoms. The third kappa shape index (κ3) is 3.26. The van der Waals surface area contributed by atoms with Gasteiger partial charge in [0.05, 0.1) is 12.3 Å². The largest absolute Gasteiger partial charge is 0.396 e. The number of ether oxygens (including phenoxy) is 1. The van der Waals surface area contributed by atoms with Gasteiger partial charge in [-0.3, -0.25) is 9.48 Å². The van der Waals surface area contributed by atoms with Crippen LogP contribution in [0, 0.1) is 5.92 Å². The fourth-order valence-electron chi connectivity index (χ4n) is 2.37. The Labute approximate surface area is 113 Å². The molecule has 0 aromatic carbocycles. The highest BCUT2D eigenvalue weighted by Gasteiger charge is 2.22. The van der Waals surface area contributed by atoms with Gasteiger partial charge in [0.1, 0.15) is 0 Å². The normalized spacial score (nSPS) is 19.4. The average Bonchev–Trinajstić information content (AvgIpc) is 2.80. The minimum atomic E-state index is -0.115. The molecule has 1 amide bonds. The van der Waals surface area contributed by atoms with Crippen LogP contribution in [0.15, 0.2) is 6.20 Å². The van der Waals surface area contributed by atoms with E-state index >= 15 is 0 Å². The maximum absolute atomic E-state index is 12.3. The van der Waals surface area contributed by atoms with Crippen molar-refractivity contribution in [2.24, 2.45) is 5.92 Å². The standard InChI is InChI=1S/C13H22N4O2/c1-3-17-8-11(14)12(15-17)13(18)16(2)7-10-5-4-6-19-9-10/h8,10H,3-7,9,14H2,1-2H3. The van der Waals surface area contributed by atoms with Crippen molar-refractivity contribution in [1.29, 1.82) is 0 Å². The van der Waals surface area contributed by atoms with Crippen LogP contribution >= 0.6 is 0 Å². The van der Waals surface area contributed by atoms with Crippen LogP contribution in [-0.2, 0) is 11.3 Å². The summed E-state index contributed by atoms with van der Waals surface area (Å²) in [6.07, 6.45) is 3.88. The number of carbonyl (C=O) groups is 1. The van der Waals surface area contributed by atoms with Crippen LogP contribution in [0.3, 0.4) is 0 Å². The first-order valence-electron chi connectivity index (χ1n) is 6.78. The van der Waals surface area contributed by atoms with E-state index in [1.165, 1.54) is 0 Å². The summed E-state index contributed by atoms with van der Waals surface area (Å²) in [5.74, 6) is 0.299. The molecule has 2 heterocycles. The molecule has 0 radical (unpaired) electrons. The van der Waals surface area contributed by atoms with E-state index in [0.717, 1.165) is 26.1 Å². The summed E-state index contributed by atoms with van der Waals surface area (Å²) in [4.78, 5) is 14.0. The minimum absolute atomic E-state index is 0.115. The van der Waals surface area contributed by atoms with Gasteiger partial charge in [0, 0.05) is 32.9 Å². The molecule has 1 aromatic heterocycles. The van der Waals surface area contributed by atoms with Crippen LogP contribution in [0.5, 0.6) is 0 Å². The third-order valence-electron chi connectivity index (χ3n) is 3.45. The molecule has 1 fully saturated rings. The van der Waals surface area contributed by atoms with Gasteiger partial charge < -0.3 is 15.4 Å². The second-order valence-corrected chi connectivity index (χ2v) is 5.06. The zero-order valence-electron chi connectivity index (χ0n) is 11.6. The van der Waals surface area contributed by atoms with Crippen LogP contribution in [0.2, 0.25) is 0 Å². The Balaban J connectivity index is 1.99. The smallest absolute Gasteiger partial charge is 0.276 e. The highest BCUT2D eigenvalue weighted by atomic mass is 16.5. The number of hydrogen-bond acceptors (Lipinski definition) is 4. The fraction of sp³-hybridized carbons (Fsp3) is 0.692. The first-order chi connectivity index (χ1) is 9.11. The maximum Gasteiger partial charge on any atom is 0.276 e. The van der Waals surface area contributed by atoms with Crippen LogP contribution in [0.1, 0.15) is 30.3 Å². The number of nitrogens with two attached hydrogens (primary N) is 1. The van der Waals surface area contributed by atoms with Crippen molar-refractivity contribution in [1.82, 2.24) is 14.7 Å². The maximum atomic E-state index is 12.3. The van der Waals surface area contributed by atoms with Gasteiger partial charge in [-0.1, -0.05) is 0 Å². The predicted octanol–water partition coefficient (Wildman–Crippen LogP) is 0.984. The molecule has 2 rings (SSSR count). The van der Waals surface area contributed by atoms with Crippen LogP contribution in [-0.4, -0.2) is 47.4 Å². The Morgan fingerprint density at radius 2 is 2.47 bits per heavy atom. The lowest BCUT2D eigenvalue weighted by molar-refractivity contribution is 0.0387. The summed E-state index contributed by atoms with van der Waals surface area (Å²) in [5.41, 5.74) is 6.62. The summed E-state index contributed by atoms with van der Waals surface area (Å²) in [5, 5.41) is 4.21. The average molecular weight is 266 g/mol. The van der Waals surface area contributed by atoms with Crippen molar-refractivity contribution in [3.05, 3.63) is 11.9 Å². The lowest BCUT2D eigenvalue weighted by atomic mass is 10.0. The number of nitrogens with zero attached hydrogens (tertiary/aromatic N) is 3. The van der Waals surface area contributed by atoms with Gasteiger partial charge in [0.2, 0.25) is 0 Å². The van der Waals surface area contributed by atoms with Crippen molar-refractivity contribution in [2.75, 3.05) is 32.5 Å². The third-order valence-corrected chi connectivity index (χ3v) is 3.45. The zero-order chi connectivity index (χ0) is 13.8. The number of amides is 1. The number of hydrogen-bond donors (Lipinski definition) is 1. The molecule has 6 heteroatoms. The van der Waals surface area contributed by atoms with E-state index in [2.05, 4.69) is 5.10 Å². The highest BCUT2D eigenvalue weighted by Crippen LogP contribution is 2.17. The number of nitrogen functional groups attached to an aromatic ring is 1. The molecule has 1 aliphatic rings. The molecular weight excluding hydrogens is 244 g/mol. The van der Waals surface area contributed by atoms with Crippen LogP contribution < -0.4 is 5.73 Å². The number of aryl methyl sites for hydroxylation is 1. The molecule has 6 nitrogen and oxygen atoms in total. The molecule has 2 N–H and O–H groups in total. The SMILES string of the molecule is CCn1cc(N)c(C(=O)N(C)CC2CCCOC2)n1. The Kier molecular flexibility index (Phi) is 4.42.